The number of nitrogens with one attached hydrogen (secondary N) is 1. The molecule has 0 amide bonds. The molecule has 3 aromatic rings. The van der Waals surface area contributed by atoms with Crippen LogP contribution in [-0.2, 0) is 0 Å². The second-order valence-corrected chi connectivity index (χ2v) is 3.97. The Morgan fingerprint density at radius 3 is 2.53 bits per heavy atom. The summed E-state index contributed by atoms with van der Waals surface area (Å²) in [4.78, 5) is 8.67. The topological polar surface area (TPSA) is 55.6 Å². The van der Waals surface area contributed by atoms with Gasteiger partial charge in [0.15, 0.2) is 5.82 Å². The molecule has 0 bridgehead atoms. The molecule has 19 heavy (non-hydrogen) atoms. The lowest BCUT2D eigenvalue weighted by atomic mass is 10.2. The Morgan fingerprint density at radius 2 is 1.74 bits per heavy atom. The Labute approximate surface area is 111 Å². The van der Waals surface area contributed by atoms with Crippen LogP contribution in [0.15, 0.2) is 55.0 Å². The monoisotopic (exact) mass is 251 g/mol. The van der Waals surface area contributed by atoms with E-state index in [1.807, 2.05) is 48.1 Å². The number of nitrogens with zero attached hydrogens (tertiary/aromatic N) is 4. The van der Waals surface area contributed by atoms with E-state index in [-0.39, 0.29) is 0 Å². The second-order valence-electron chi connectivity index (χ2n) is 3.97. The summed E-state index contributed by atoms with van der Waals surface area (Å²) in [7, 11) is 1.83. The molecule has 0 saturated heterocycles. The highest BCUT2D eigenvalue weighted by molar-refractivity contribution is 5.69. The fraction of sp³-hybridized carbons (Fsp3) is 0.0714. The lowest BCUT2D eigenvalue weighted by Crippen LogP contribution is -2.03. The number of anilines is 1. The summed E-state index contributed by atoms with van der Waals surface area (Å²) in [6.07, 6.45) is 5.10. The van der Waals surface area contributed by atoms with Crippen LogP contribution in [0.25, 0.3) is 17.1 Å². The quantitative estimate of drug-likeness (QED) is 0.776. The molecule has 1 N–H and O–H groups in total. The molecule has 94 valence electrons. The maximum atomic E-state index is 4.39. The van der Waals surface area contributed by atoms with Crippen molar-refractivity contribution in [3.63, 3.8) is 0 Å². The molecule has 0 atom stereocenters. The zero-order valence-corrected chi connectivity index (χ0v) is 10.5. The molecule has 0 aliphatic heterocycles. The maximum absolute atomic E-state index is 4.39. The molecule has 0 unspecified atom stereocenters. The van der Waals surface area contributed by atoms with E-state index < -0.39 is 0 Å². The van der Waals surface area contributed by atoms with Gasteiger partial charge in [-0.3, -0.25) is 0 Å². The van der Waals surface area contributed by atoms with Gasteiger partial charge in [-0.05, 0) is 18.2 Å². The number of hydrogen-bond donors (Lipinski definition) is 1. The van der Waals surface area contributed by atoms with Crippen LogP contribution in [0.4, 0.5) is 5.82 Å². The van der Waals surface area contributed by atoms with Crippen molar-refractivity contribution in [3.05, 3.63) is 55.0 Å². The Morgan fingerprint density at radius 1 is 0.947 bits per heavy atom. The molecule has 1 aromatic carbocycles. The highest BCUT2D eigenvalue weighted by Gasteiger charge is 2.12. The van der Waals surface area contributed by atoms with E-state index in [0.29, 0.717) is 0 Å². The third-order valence-electron chi connectivity index (χ3n) is 2.82. The Hall–Kier alpha value is -2.69. The first-order valence-electron chi connectivity index (χ1n) is 5.99. The summed E-state index contributed by atoms with van der Waals surface area (Å²) in [5.74, 6) is 0.736. The molecule has 0 aliphatic rings. The molecule has 5 nitrogen and oxygen atoms in total. The van der Waals surface area contributed by atoms with Crippen LogP contribution in [0.1, 0.15) is 0 Å². The zero-order chi connectivity index (χ0) is 13.1. The maximum Gasteiger partial charge on any atom is 0.153 e. The van der Waals surface area contributed by atoms with Crippen molar-refractivity contribution in [2.24, 2.45) is 0 Å². The Kier molecular flexibility index (Phi) is 2.94. The molecule has 2 aromatic heterocycles. The van der Waals surface area contributed by atoms with Gasteiger partial charge in [0.25, 0.3) is 0 Å². The van der Waals surface area contributed by atoms with E-state index in [0.717, 1.165) is 22.9 Å². The number of para-hydroxylation sites is 1. The van der Waals surface area contributed by atoms with Crippen molar-refractivity contribution < 1.29 is 0 Å². The minimum atomic E-state index is 0.736. The molecular weight excluding hydrogens is 238 g/mol. The van der Waals surface area contributed by atoms with Crippen LogP contribution < -0.4 is 5.32 Å². The summed E-state index contributed by atoms with van der Waals surface area (Å²) in [6, 6.07) is 11.9. The summed E-state index contributed by atoms with van der Waals surface area (Å²) >= 11 is 0. The molecule has 5 heteroatoms. The first-order valence-corrected chi connectivity index (χ1v) is 5.99. The van der Waals surface area contributed by atoms with Gasteiger partial charge >= 0.3 is 0 Å². The molecule has 3 rings (SSSR count). The van der Waals surface area contributed by atoms with Crippen LogP contribution in [0.5, 0.6) is 0 Å². The van der Waals surface area contributed by atoms with E-state index in [4.69, 9.17) is 0 Å². The second kappa shape index (κ2) is 4.89. The summed E-state index contributed by atoms with van der Waals surface area (Å²) in [6.45, 7) is 0. The van der Waals surface area contributed by atoms with Crippen molar-refractivity contribution in [3.8, 4) is 17.1 Å². The fourth-order valence-corrected chi connectivity index (χ4v) is 1.97. The third kappa shape index (κ3) is 2.06. The first-order chi connectivity index (χ1) is 9.40. The van der Waals surface area contributed by atoms with Crippen LogP contribution in [-0.4, -0.2) is 26.8 Å². The van der Waals surface area contributed by atoms with E-state index >= 15 is 0 Å². The number of rotatable bonds is 3. The summed E-state index contributed by atoms with van der Waals surface area (Å²) < 4.78 is 1.85. The highest BCUT2D eigenvalue weighted by Crippen LogP contribution is 2.25. The standard InChI is InChI=1S/C14H13N5/c1-15-14-13(16-9-10-17-14)12-7-8-18-19(12)11-5-3-2-4-6-11/h2-10H,1H3,(H,15,17). The Balaban J connectivity index is 2.15. The van der Waals surface area contributed by atoms with E-state index in [1.54, 1.807) is 18.6 Å². The van der Waals surface area contributed by atoms with Crippen LogP contribution in [0, 0.1) is 0 Å². The van der Waals surface area contributed by atoms with Crippen molar-refractivity contribution in [2.45, 2.75) is 0 Å². The normalized spacial score (nSPS) is 10.4. The fourth-order valence-electron chi connectivity index (χ4n) is 1.97. The lowest BCUT2D eigenvalue weighted by molar-refractivity contribution is 0.883. The molecule has 0 aliphatic carbocycles. The van der Waals surface area contributed by atoms with Crippen LogP contribution in [0.3, 0.4) is 0 Å². The van der Waals surface area contributed by atoms with Gasteiger partial charge in [0.05, 0.1) is 17.6 Å². The van der Waals surface area contributed by atoms with Gasteiger partial charge < -0.3 is 5.32 Å². The predicted molar refractivity (Wildman–Crippen MR) is 74.1 cm³/mol. The minimum Gasteiger partial charge on any atom is -0.371 e. The van der Waals surface area contributed by atoms with Crippen molar-refractivity contribution in [2.75, 3.05) is 12.4 Å². The van der Waals surface area contributed by atoms with E-state index in [2.05, 4.69) is 20.4 Å². The van der Waals surface area contributed by atoms with Crippen LogP contribution >= 0.6 is 0 Å². The third-order valence-corrected chi connectivity index (χ3v) is 2.82. The summed E-state index contributed by atoms with van der Waals surface area (Å²) in [5.41, 5.74) is 2.69. The lowest BCUT2D eigenvalue weighted by Gasteiger charge is -2.09. The van der Waals surface area contributed by atoms with E-state index in [9.17, 15) is 0 Å². The van der Waals surface area contributed by atoms with Gasteiger partial charge in [-0.25, -0.2) is 14.6 Å². The minimum absolute atomic E-state index is 0.736. The molecule has 0 fully saturated rings. The van der Waals surface area contributed by atoms with Gasteiger partial charge in [0, 0.05) is 19.4 Å². The van der Waals surface area contributed by atoms with Crippen LogP contribution in [0.2, 0.25) is 0 Å². The Bertz CT molecular complexity index is 675. The smallest absolute Gasteiger partial charge is 0.153 e. The van der Waals surface area contributed by atoms with E-state index in [1.165, 1.54) is 0 Å². The van der Waals surface area contributed by atoms with Gasteiger partial charge in [-0.1, -0.05) is 18.2 Å². The molecule has 0 saturated carbocycles. The van der Waals surface area contributed by atoms with Crippen molar-refractivity contribution in [1.82, 2.24) is 19.7 Å². The molecule has 2 heterocycles. The van der Waals surface area contributed by atoms with Gasteiger partial charge in [0.1, 0.15) is 5.69 Å². The molecule has 0 spiro atoms. The van der Waals surface area contributed by atoms with Gasteiger partial charge in [-0.15, -0.1) is 0 Å². The largest absolute Gasteiger partial charge is 0.371 e. The predicted octanol–water partition coefficient (Wildman–Crippen LogP) is 2.37. The average Bonchev–Trinajstić information content (AvgIpc) is 2.97. The molecular formula is C14H13N5. The van der Waals surface area contributed by atoms with Crippen molar-refractivity contribution >= 4 is 5.82 Å². The summed E-state index contributed by atoms with van der Waals surface area (Å²) in [5, 5.41) is 7.41. The van der Waals surface area contributed by atoms with Gasteiger partial charge in [0.2, 0.25) is 0 Å². The highest BCUT2D eigenvalue weighted by atomic mass is 15.3. The van der Waals surface area contributed by atoms with Gasteiger partial charge in [-0.2, -0.15) is 5.10 Å². The average molecular weight is 251 g/mol. The number of hydrogen-bond acceptors (Lipinski definition) is 4. The zero-order valence-electron chi connectivity index (χ0n) is 10.5. The number of aromatic nitrogens is 4. The molecule has 0 radical (unpaired) electrons. The number of benzene rings is 1. The SMILES string of the molecule is CNc1nccnc1-c1ccnn1-c1ccccc1. The first kappa shape index (κ1) is 11.4. The van der Waals surface area contributed by atoms with Crippen molar-refractivity contribution in [1.29, 1.82) is 0 Å².